The van der Waals surface area contributed by atoms with Crippen LogP contribution < -0.4 is 10.1 Å². The first-order valence-corrected chi connectivity index (χ1v) is 7.80. The van der Waals surface area contributed by atoms with Crippen LogP contribution in [0.4, 0.5) is 0 Å². The number of likely N-dealkylation sites (N-methyl/N-ethyl adjacent to an activating group) is 2. The van der Waals surface area contributed by atoms with Crippen LogP contribution in [0.15, 0.2) is 24.3 Å². The molecule has 0 spiro atoms. The van der Waals surface area contributed by atoms with Crippen LogP contribution in [-0.4, -0.2) is 52.4 Å². The van der Waals surface area contributed by atoms with Crippen molar-refractivity contribution in [3.63, 3.8) is 0 Å². The molecule has 1 aliphatic rings. The van der Waals surface area contributed by atoms with E-state index in [1.165, 1.54) is 18.4 Å². The first-order chi connectivity index (χ1) is 10.2. The van der Waals surface area contributed by atoms with Gasteiger partial charge in [-0.2, -0.15) is 0 Å². The zero-order valence-corrected chi connectivity index (χ0v) is 13.5. The third-order valence-corrected chi connectivity index (χ3v) is 4.16. The summed E-state index contributed by atoms with van der Waals surface area (Å²) in [4.78, 5) is 2.40. The Morgan fingerprint density at radius 1 is 1.48 bits per heavy atom. The van der Waals surface area contributed by atoms with E-state index in [1.54, 1.807) is 7.11 Å². The highest BCUT2D eigenvalue weighted by Gasteiger charge is 2.18. The molecule has 21 heavy (non-hydrogen) atoms. The minimum absolute atomic E-state index is 0.314. The second-order valence-corrected chi connectivity index (χ2v) is 5.92. The number of hydrogen-bond acceptors (Lipinski definition) is 4. The molecule has 0 saturated carbocycles. The van der Waals surface area contributed by atoms with Gasteiger partial charge >= 0.3 is 0 Å². The molecule has 4 nitrogen and oxygen atoms in total. The van der Waals surface area contributed by atoms with Gasteiger partial charge < -0.3 is 19.7 Å². The molecule has 0 radical (unpaired) electrons. The maximum Gasteiger partial charge on any atom is 0.119 e. The summed E-state index contributed by atoms with van der Waals surface area (Å²) in [5, 5.41) is 3.41. The smallest absolute Gasteiger partial charge is 0.119 e. The fourth-order valence-corrected chi connectivity index (χ4v) is 3.00. The zero-order chi connectivity index (χ0) is 15.1. The predicted octanol–water partition coefficient (Wildman–Crippen LogP) is 2.31. The average molecular weight is 292 g/mol. The highest BCUT2D eigenvalue weighted by Crippen LogP contribution is 2.21. The summed E-state index contributed by atoms with van der Waals surface area (Å²) in [7, 11) is 5.92. The molecular formula is C17H28N2O2. The summed E-state index contributed by atoms with van der Waals surface area (Å²) in [5.41, 5.74) is 1.27. The van der Waals surface area contributed by atoms with Crippen molar-refractivity contribution in [3.05, 3.63) is 29.8 Å². The minimum atomic E-state index is 0.314. The second-order valence-electron chi connectivity index (χ2n) is 5.92. The lowest BCUT2D eigenvalue weighted by molar-refractivity contribution is 0.0410. The van der Waals surface area contributed by atoms with E-state index in [-0.39, 0.29) is 0 Å². The molecule has 1 fully saturated rings. The van der Waals surface area contributed by atoms with Crippen LogP contribution in [0, 0.1) is 5.92 Å². The standard InChI is InChI=1S/C17H28N2O2/c1-18-17(15-7-4-8-16(10-15)20-3)12-19(2)11-14-6-5-9-21-13-14/h4,7-8,10,14,17-18H,5-6,9,11-13H2,1-3H3. The van der Waals surface area contributed by atoms with Gasteiger partial charge in [-0.3, -0.25) is 0 Å². The number of hydrogen-bond donors (Lipinski definition) is 1. The summed E-state index contributed by atoms with van der Waals surface area (Å²) in [6, 6.07) is 8.61. The molecule has 0 aromatic heterocycles. The first kappa shape index (κ1) is 16.3. The Bertz CT molecular complexity index is 419. The first-order valence-electron chi connectivity index (χ1n) is 7.80. The SMILES string of the molecule is CNC(CN(C)CC1CCCOC1)c1cccc(OC)c1. The van der Waals surface area contributed by atoms with E-state index in [4.69, 9.17) is 9.47 Å². The summed E-state index contributed by atoms with van der Waals surface area (Å²) in [5.74, 6) is 1.59. The highest BCUT2D eigenvalue weighted by molar-refractivity contribution is 5.30. The maximum absolute atomic E-state index is 5.57. The van der Waals surface area contributed by atoms with E-state index in [1.807, 2.05) is 19.2 Å². The van der Waals surface area contributed by atoms with E-state index >= 15 is 0 Å². The Labute approximate surface area is 128 Å². The van der Waals surface area contributed by atoms with E-state index in [0.29, 0.717) is 12.0 Å². The van der Waals surface area contributed by atoms with Gasteiger partial charge in [0.1, 0.15) is 5.75 Å². The highest BCUT2D eigenvalue weighted by atomic mass is 16.5. The van der Waals surface area contributed by atoms with Gasteiger partial charge in [0, 0.05) is 25.7 Å². The van der Waals surface area contributed by atoms with Gasteiger partial charge in [-0.1, -0.05) is 12.1 Å². The third-order valence-electron chi connectivity index (χ3n) is 4.16. The second kappa shape index (κ2) is 8.37. The van der Waals surface area contributed by atoms with Gasteiger partial charge in [0.05, 0.1) is 13.7 Å². The van der Waals surface area contributed by atoms with Crippen molar-refractivity contribution in [3.8, 4) is 5.75 Å². The Kier molecular flexibility index (Phi) is 6.49. The Balaban J connectivity index is 1.90. The molecule has 1 heterocycles. The Morgan fingerprint density at radius 2 is 2.33 bits per heavy atom. The van der Waals surface area contributed by atoms with Crippen LogP contribution in [0.1, 0.15) is 24.4 Å². The topological polar surface area (TPSA) is 33.7 Å². The lowest BCUT2D eigenvalue weighted by Crippen LogP contribution is -2.36. The summed E-state index contributed by atoms with van der Waals surface area (Å²) in [6.45, 7) is 3.93. The molecular weight excluding hydrogens is 264 g/mol. The quantitative estimate of drug-likeness (QED) is 0.836. The van der Waals surface area contributed by atoms with Crippen molar-refractivity contribution in [2.24, 2.45) is 5.92 Å². The number of ether oxygens (including phenoxy) is 2. The van der Waals surface area contributed by atoms with Gasteiger partial charge in [-0.05, 0) is 50.6 Å². The molecule has 2 rings (SSSR count). The van der Waals surface area contributed by atoms with Crippen LogP contribution in [0.3, 0.4) is 0 Å². The van der Waals surface area contributed by atoms with Crippen molar-refractivity contribution in [2.45, 2.75) is 18.9 Å². The van der Waals surface area contributed by atoms with Crippen LogP contribution >= 0.6 is 0 Å². The van der Waals surface area contributed by atoms with E-state index in [9.17, 15) is 0 Å². The fraction of sp³-hybridized carbons (Fsp3) is 0.647. The molecule has 1 N–H and O–H groups in total. The van der Waals surface area contributed by atoms with Crippen LogP contribution in [0.5, 0.6) is 5.75 Å². The fourth-order valence-electron chi connectivity index (χ4n) is 3.00. The number of rotatable bonds is 7. The van der Waals surface area contributed by atoms with Gasteiger partial charge in [0.2, 0.25) is 0 Å². The van der Waals surface area contributed by atoms with Crippen molar-refractivity contribution >= 4 is 0 Å². The molecule has 1 saturated heterocycles. The van der Waals surface area contributed by atoms with Crippen LogP contribution in [-0.2, 0) is 4.74 Å². The summed E-state index contributed by atoms with van der Waals surface area (Å²) >= 11 is 0. The molecule has 0 bridgehead atoms. The number of methoxy groups -OCH3 is 1. The van der Waals surface area contributed by atoms with E-state index in [0.717, 1.165) is 32.1 Å². The van der Waals surface area contributed by atoms with E-state index < -0.39 is 0 Å². The molecule has 2 atom stereocenters. The van der Waals surface area contributed by atoms with Crippen LogP contribution in [0.25, 0.3) is 0 Å². The number of nitrogens with one attached hydrogen (secondary N) is 1. The molecule has 0 aliphatic carbocycles. The largest absolute Gasteiger partial charge is 0.497 e. The molecule has 0 amide bonds. The molecule has 1 aromatic carbocycles. The van der Waals surface area contributed by atoms with Gasteiger partial charge in [-0.15, -0.1) is 0 Å². The maximum atomic E-state index is 5.57. The van der Waals surface area contributed by atoms with Gasteiger partial charge in [0.15, 0.2) is 0 Å². The Hall–Kier alpha value is -1.10. The third kappa shape index (κ3) is 4.99. The zero-order valence-electron chi connectivity index (χ0n) is 13.5. The molecule has 2 unspecified atom stereocenters. The molecule has 1 aromatic rings. The van der Waals surface area contributed by atoms with E-state index in [2.05, 4.69) is 29.4 Å². The molecule has 1 aliphatic heterocycles. The lowest BCUT2D eigenvalue weighted by Gasteiger charge is -2.29. The average Bonchev–Trinajstić information content (AvgIpc) is 2.53. The van der Waals surface area contributed by atoms with Gasteiger partial charge in [-0.25, -0.2) is 0 Å². The predicted molar refractivity (Wildman–Crippen MR) is 85.8 cm³/mol. The van der Waals surface area contributed by atoms with Crippen molar-refractivity contribution in [2.75, 3.05) is 47.5 Å². The molecule has 4 heteroatoms. The Morgan fingerprint density at radius 3 is 3.00 bits per heavy atom. The minimum Gasteiger partial charge on any atom is -0.497 e. The van der Waals surface area contributed by atoms with Crippen LogP contribution in [0.2, 0.25) is 0 Å². The van der Waals surface area contributed by atoms with Crippen molar-refractivity contribution in [1.82, 2.24) is 10.2 Å². The number of benzene rings is 1. The summed E-state index contributed by atoms with van der Waals surface area (Å²) in [6.07, 6.45) is 2.48. The normalized spacial score (nSPS) is 20.5. The summed E-state index contributed by atoms with van der Waals surface area (Å²) < 4.78 is 10.9. The molecule has 118 valence electrons. The van der Waals surface area contributed by atoms with Crippen molar-refractivity contribution in [1.29, 1.82) is 0 Å². The monoisotopic (exact) mass is 292 g/mol. The lowest BCUT2D eigenvalue weighted by atomic mass is 10.0. The van der Waals surface area contributed by atoms with Gasteiger partial charge in [0.25, 0.3) is 0 Å². The van der Waals surface area contributed by atoms with Crippen molar-refractivity contribution < 1.29 is 9.47 Å². The number of nitrogens with zero attached hydrogens (tertiary/aromatic N) is 1.